The highest BCUT2D eigenvalue weighted by molar-refractivity contribution is 5.89. The van der Waals surface area contributed by atoms with Crippen LogP contribution in [0.5, 0.6) is 0 Å². The second-order valence-electron chi connectivity index (χ2n) is 5.61. The Bertz CT molecular complexity index is 423. The lowest BCUT2D eigenvalue weighted by Gasteiger charge is -2.23. The summed E-state index contributed by atoms with van der Waals surface area (Å²) in [6, 6.07) is 7.51. The summed E-state index contributed by atoms with van der Waals surface area (Å²) in [5.74, 6) is 0.478. The zero-order chi connectivity index (χ0) is 14.4. The second-order valence-corrected chi connectivity index (χ2v) is 5.61. The van der Waals surface area contributed by atoms with Gasteiger partial charge in [0.25, 0.3) is 0 Å². The molecule has 4 heteroatoms. The van der Waals surface area contributed by atoms with Gasteiger partial charge in [0.15, 0.2) is 0 Å². The molecule has 0 radical (unpaired) electrons. The largest absolute Gasteiger partial charge is 0.459 e. The highest BCUT2D eigenvalue weighted by atomic mass is 16.5. The Hall–Kier alpha value is -1.55. The molecule has 0 aliphatic carbocycles. The van der Waals surface area contributed by atoms with E-state index in [9.17, 15) is 4.79 Å². The van der Waals surface area contributed by atoms with Crippen LogP contribution < -0.4 is 10.6 Å². The van der Waals surface area contributed by atoms with E-state index in [2.05, 4.69) is 10.6 Å². The third kappa shape index (κ3) is 4.53. The van der Waals surface area contributed by atoms with E-state index >= 15 is 0 Å². The molecule has 0 aromatic heterocycles. The van der Waals surface area contributed by atoms with Gasteiger partial charge in [0.1, 0.15) is 0 Å². The number of rotatable bonds is 5. The molecule has 1 aliphatic heterocycles. The summed E-state index contributed by atoms with van der Waals surface area (Å²) in [5.41, 5.74) is 1.66. The van der Waals surface area contributed by atoms with E-state index in [1.54, 1.807) is 0 Å². The molecule has 0 amide bonds. The molecule has 2 rings (SSSR count). The predicted octanol–water partition coefficient (Wildman–Crippen LogP) is 2.66. The van der Waals surface area contributed by atoms with Crippen molar-refractivity contribution in [2.75, 3.05) is 25.0 Å². The van der Waals surface area contributed by atoms with Crippen molar-refractivity contribution in [2.45, 2.75) is 32.8 Å². The van der Waals surface area contributed by atoms with E-state index in [0.29, 0.717) is 5.56 Å². The molecule has 1 fully saturated rings. The highest BCUT2D eigenvalue weighted by Gasteiger charge is 2.13. The van der Waals surface area contributed by atoms with Gasteiger partial charge < -0.3 is 15.4 Å². The van der Waals surface area contributed by atoms with Crippen molar-refractivity contribution in [3.05, 3.63) is 29.8 Å². The molecule has 0 spiro atoms. The average Bonchev–Trinajstić information content (AvgIpc) is 2.46. The second kappa shape index (κ2) is 7.29. The third-order valence-electron chi connectivity index (χ3n) is 3.52. The Balaban J connectivity index is 1.83. The van der Waals surface area contributed by atoms with E-state index in [1.807, 2.05) is 38.1 Å². The van der Waals surface area contributed by atoms with Crippen LogP contribution in [0.15, 0.2) is 24.3 Å². The van der Waals surface area contributed by atoms with Gasteiger partial charge in [0.05, 0.1) is 11.7 Å². The van der Waals surface area contributed by atoms with E-state index in [0.717, 1.165) is 31.2 Å². The van der Waals surface area contributed by atoms with E-state index < -0.39 is 0 Å². The number of carbonyl (C=O) groups excluding carboxylic acids is 1. The van der Waals surface area contributed by atoms with Crippen molar-refractivity contribution < 1.29 is 9.53 Å². The van der Waals surface area contributed by atoms with Gasteiger partial charge in [-0.2, -0.15) is 0 Å². The van der Waals surface area contributed by atoms with Gasteiger partial charge in [-0.05, 0) is 70.0 Å². The van der Waals surface area contributed by atoms with Crippen LogP contribution in [-0.4, -0.2) is 31.7 Å². The quantitative estimate of drug-likeness (QED) is 0.812. The summed E-state index contributed by atoms with van der Waals surface area (Å²) in [6.07, 6.45) is 2.37. The topological polar surface area (TPSA) is 50.4 Å². The van der Waals surface area contributed by atoms with Crippen LogP contribution in [0.1, 0.15) is 37.0 Å². The number of carbonyl (C=O) groups is 1. The molecule has 1 aromatic rings. The Labute approximate surface area is 120 Å². The van der Waals surface area contributed by atoms with Gasteiger partial charge in [-0.1, -0.05) is 0 Å². The van der Waals surface area contributed by atoms with Crippen LogP contribution in [0, 0.1) is 5.92 Å². The van der Waals surface area contributed by atoms with Crippen LogP contribution in [0.3, 0.4) is 0 Å². The fourth-order valence-electron chi connectivity index (χ4n) is 2.35. The number of anilines is 1. The molecule has 0 unspecified atom stereocenters. The Morgan fingerprint density at radius 3 is 2.55 bits per heavy atom. The Morgan fingerprint density at radius 2 is 1.95 bits per heavy atom. The van der Waals surface area contributed by atoms with Gasteiger partial charge in [-0.3, -0.25) is 0 Å². The summed E-state index contributed by atoms with van der Waals surface area (Å²) in [6.45, 7) is 6.94. The van der Waals surface area contributed by atoms with E-state index in [1.165, 1.54) is 12.8 Å². The molecular formula is C16H24N2O2. The molecule has 1 aromatic carbocycles. The summed E-state index contributed by atoms with van der Waals surface area (Å²) in [5, 5.41) is 6.81. The normalized spacial score (nSPS) is 16.1. The highest BCUT2D eigenvalue weighted by Crippen LogP contribution is 2.15. The van der Waals surface area contributed by atoms with Crippen LogP contribution >= 0.6 is 0 Å². The molecular weight excluding hydrogens is 252 g/mol. The zero-order valence-corrected chi connectivity index (χ0v) is 12.3. The minimum atomic E-state index is -0.259. The van der Waals surface area contributed by atoms with Crippen molar-refractivity contribution in [2.24, 2.45) is 5.92 Å². The van der Waals surface area contributed by atoms with Crippen LogP contribution in [0.25, 0.3) is 0 Å². The maximum atomic E-state index is 11.7. The molecule has 1 saturated heterocycles. The first kappa shape index (κ1) is 14.9. The molecule has 0 bridgehead atoms. The fraction of sp³-hybridized carbons (Fsp3) is 0.562. The molecule has 4 nitrogen and oxygen atoms in total. The number of hydrogen-bond acceptors (Lipinski definition) is 4. The lowest BCUT2D eigenvalue weighted by molar-refractivity contribution is 0.0378. The number of benzene rings is 1. The lowest BCUT2D eigenvalue weighted by atomic mass is 9.98. The Morgan fingerprint density at radius 1 is 1.30 bits per heavy atom. The molecule has 0 atom stereocenters. The number of ether oxygens (including phenoxy) is 1. The molecule has 110 valence electrons. The molecule has 1 heterocycles. The first-order valence-corrected chi connectivity index (χ1v) is 7.41. The van der Waals surface area contributed by atoms with Crippen LogP contribution in [0.4, 0.5) is 5.69 Å². The minimum Gasteiger partial charge on any atom is -0.459 e. The number of nitrogens with one attached hydrogen (secondary N) is 2. The van der Waals surface area contributed by atoms with Gasteiger partial charge in [-0.25, -0.2) is 4.79 Å². The smallest absolute Gasteiger partial charge is 0.338 e. The maximum absolute atomic E-state index is 11.7. The minimum absolute atomic E-state index is 0.0831. The van der Waals surface area contributed by atoms with Crippen molar-refractivity contribution in [3.63, 3.8) is 0 Å². The monoisotopic (exact) mass is 276 g/mol. The molecule has 0 saturated carbocycles. The lowest BCUT2D eigenvalue weighted by Crippen LogP contribution is -2.31. The van der Waals surface area contributed by atoms with E-state index in [-0.39, 0.29) is 12.1 Å². The number of hydrogen-bond donors (Lipinski definition) is 2. The predicted molar refractivity (Wildman–Crippen MR) is 81.1 cm³/mol. The zero-order valence-electron chi connectivity index (χ0n) is 12.3. The van der Waals surface area contributed by atoms with Crippen molar-refractivity contribution >= 4 is 11.7 Å². The number of piperidine rings is 1. The van der Waals surface area contributed by atoms with E-state index in [4.69, 9.17) is 4.74 Å². The van der Waals surface area contributed by atoms with Crippen LogP contribution in [-0.2, 0) is 4.74 Å². The molecule has 20 heavy (non-hydrogen) atoms. The average molecular weight is 276 g/mol. The van der Waals surface area contributed by atoms with Crippen molar-refractivity contribution in [1.29, 1.82) is 0 Å². The summed E-state index contributed by atoms with van der Waals surface area (Å²) >= 11 is 0. The van der Waals surface area contributed by atoms with Gasteiger partial charge in [0, 0.05) is 12.2 Å². The van der Waals surface area contributed by atoms with Gasteiger partial charge >= 0.3 is 5.97 Å². The fourth-order valence-corrected chi connectivity index (χ4v) is 2.35. The number of esters is 1. The van der Waals surface area contributed by atoms with Crippen molar-refractivity contribution in [3.8, 4) is 0 Å². The summed E-state index contributed by atoms with van der Waals surface area (Å²) in [4.78, 5) is 11.7. The maximum Gasteiger partial charge on any atom is 0.338 e. The van der Waals surface area contributed by atoms with Crippen LogP contribution in [0.2, 0.25) is 0 Å². The SMILES string of the molecule is CC(C)OC(=O)c1ccc(NCC2CCNCC2)cc1. The molecule has 1 aliphatic rings. The first-order chi connectivity index (χ1) is 9.65. The van der Waals surface area contributed by atoms with Gasteiger partial charge in [-0.15, -0.1) is 0 Å². The standard InChI is InChI=1S/C16H24N2O2/c1-12(2)20-16(19)14-3-5-15(6-4-14)18-11-13-7-9-17-10-8-13/h3-6,12-13,17-18H,7-11H2,1-2H3. The molecule has 2 N–H and O–H groups in total. The summed E-state index contributed by atoms with van der Waals surface area (Å²) in [7, 11) is 0. The first-order valence-electron chi connectivity index (χ1n) is 7.41. The Kier molecular flexibility index (Phi) is 5.41. The third-order valence-corrected chi connectivity index (χ3v) is 3.52. The summed E-state index contributed by atoms with van der Waals surface area (Å²) < 4.78 is 5.16. The van der Waals surface area contributed by atoms with Crippen molar-refractivity contribution in [1.82, 2.24) is 5.32 Å². The van der Waals surface area contributed by atoms with Gasteiger partial charge in [0.2, 0.25) is 0 Å².